The van der Waals surface area contributed by atoms with E-state index in [-0.39, 0.29) is 25.9 Å². The molecule has 2 rings (SSSR count). The Kier molecular flexibility index (Phi) is 1.34. The average molecular weight is 183 g/mol. The van der Waals surface area contributed by atoms with E-state index in [9.17, 15) is 17.6 Å². The SMILES string of the molecule is FC1(F)C(F)(F)C12CCNCC2. The summed E-state index contributed by atoms with van der Waals surface area (Å²) in [5.74, 6) is -7.52. The van der Waals surface area contributed by atoms with Crippen LogP contribution in [0.3, 0.4) is 0 Å². The minimum absolute atomic E-state index is 0.118. The van der Waals surface area contributed by atoms with Crippen molar-refractivity contribution >= 4 is 0 Å². The molecule has 0 atom stereocenters. The Balaban J connectivity index is 2.24. The third kappa shape index (κ3) is 0.606. The second-order valence-electron chi connectivity index (χ2n) is 3.48. The predicted octanol–water partition coefficient (Wildman–Crippen LogP) is 1.64. The van der Waals surface area contributed by atoms with Crippen molar-refractivity contribution in [2.45, 2.75) is 24.7 Å². The van der Waals surface area contributed by atoms with Crippen LogP contribution in [0.25, 0.3) is 0 Å². The van der Waals surface area contributed by atoms with Gasteiger partial charge in [-0.2, -0.15) is 17.6 Å². The fourth-order valence-electron chi connectivity index (χ4n) is 2.00. The number of hydrogen-bond acceptors (Lipinski definition) is 1. The molecule has 1 N–H and O–H groups in total. The molecule has 0 aromatic carbocycles. The van der Waals surface area contributed by atoms with Crippen molar-refractivity contribution in [3.8, 4) is 0 Å². The minimum Gasteiger partial charge on any atom is -0.317 e. The lowest BCUT2D eigenvalue weighted by Gasteiger charge is -2.20. The molecule has 2 aliphatic rings. The Bertz CT molecular complexity index is 191. The van der Waals surface area contributed by atoms with E-state index in [1.54, 1.807) is 0 Å². The summed E-state index contributed by atoms with van der Waals surface area (Å²) >= 11 is 0. The van der Waals surface area contributed by atoms with E-state index < -0.39 is 17.3 Å². The second-order valence-corrected chi connectivity index (χ2v) is 3.48. The average Bonchev–Trinajstić information content (AvgIpc) is 2.33. The van der Waals surface area contributed by atoms with Crippen LogP contribution in [0.4, 0.5) is 17.6 Å². The van der Waals surface area contributed by atoms with E-state index in [1.165, 1.54) is 0 Å². The van der Waals surface area contributed by atoms with Gasteiger partial charge in [0.05, 0.1) is 0 Å². The molecule has 1 heterocycles. The highest BCUT2D eigenvalue weighted by Crippen LogP contribution is 2.75. The van der Waals surface area contributed by atoms with Crippen LogP contribution in [0.1, 0.15) is 12.8 Å². The van der Waals surface area contributed by atoms with Crippen molar-refractivity contribution in [2.24, 2.45) is 5.41 Å². The molecule has 1 nitrogen and oxygen atoms in total. The molecular weight excluding hydrogens is 174 g/mol. The van der Waals surface area contributed by atoms with Gasteiger partial charge in [0.15, 0.2) is 0 Å². The van der Waals surface area contributed by atoms with Gasteiger partial charge in [0.1, 0.15) is 5.41 Å². The first-order valence-corrected chi connectivity index (χ1v) is 3.92. The molecule has 0 bridgehead atoms. The van der Waals surface area contributed by atoms with Gasteiger partial charge in [-0.1, -0.05) is 0 Å². The molecule has 1 spiro atoms. The Labute approximate surface area is 67.1 Å². The van der Waals surface area contributed by atoms with Gasteiger partial charge >= 0.3 is 11.8 Å². The minimum atomic E-state index is -3.76. The number of piperidine rings is 1. The zero-order valence-electron chi connectivity index (χ0n) is 6.34. The fraction of sp³-hybridized carbons (Fsp3) is 1.00. The predicted molar refractivity (Wildman–Crippen MR) is 34.4 cm³/mol. The Morgan fingerprint density at radius 3 is 1.50 bits per heavy atom. The summed E-state index contributed by atoms with van der Waals surface area (Å²) in [6, 6.07) is 0. The van der Waals surface area contributed by atoms with Crippen LogP contribution in [0, 0.1) is 5.41 Å². The lowest BCUT2D eigenvalue weighted by molar-refractivity contribution is -0.0278. The van der Waals surface area contributed by atoms with Crippen LogP contribution in [0.2, 0.25) is 0 Å². The Morgan fingerprint density at radius 1 is 0.833 bits per heavy atom. The molecule has 0 aromatic heterocycles. The van der Waals surface area contributed by atoms with E-state index >= 15 is 0 Å². The Hall–Kier alpha value is -0.320. The first-order chi connectivity index (χ1) is 5.46. The summed E-state index contributed by atoms with van der Waals surface area (Å²) in [7, 11) is 0. The van der Waals surface area contributed by atoms with Crippen LogP contribution in [0.15, 0.2) is 0 Å². The van der Waals surface area contributed by atoms with Gasteiger partial charge in [0.25, 0.3) is 0 Å². The summed E-state index contributed by atoms with van der Waals surface area (Å²) in [4.78, 5) is 0. The molecule has 2 fully saturated rings. The smallest absolute Gasteiger partial charge is 0.317 e. The molecule has 0 radical (unpaired) electrons. The molecule has 0 aromatic rings. The van der Waals surface area contributed by atoms with Crippen LogP contribution < -0.4 is 5.32 Å². The highest BCUT2D eigenvalue weighted by atomic mass is 19.3. The molecule has 70 valence electrons. The number of rotatable bonds is 0. The normalized spacial score (nSPS) is 35.0. The lowest BCUT2D eigenvalue weighted by atomic mass is 9.93. The van der Waals surface area contributed by atoms with Crippen molar-refractivity contribution in [3.63, 3.8) is 0 Å². The van der Waals surface area contributed by atoms with Crippen molar-refractivity contribution in [3.05, 3.63) is 0 Å². The molecule has 1 aliphatic heterocycles. The van der Waals surface area contributed by atoms with Gasteiger partial charge in [0.2, 0.25) is 0 Å². The van der Waals surface area contributed by atoms with Crippen molar-refractivity contribution in [1.29, 1.82) is 0 Å². The van der Waals surface area contributed by atoms with Gasteiger partial charge in [0, 0.05) is 0 Å². The van der Waals surface area contributed by atoms with Gasteiger partial charge in [-0.3, -0.25) is 0 Å². The van der Waals surface area contributed by atoms with E-state index in [1.807, 2.05) is 0 Å². The molecule has 1 aliphatic carbocycles. The third-order valence-electron chi connectivity index (χ3n) is 2.99. The first-order valence-electron chi connectivity index (χ1n) is 3.92. The summed E-state index contributed by atoms with van der Waals surface area (Å²) in [5, 5.41) is 2.79. The molecule has 1 saturated heterocycles. The largest absolute Gasteiger partial charge is 0.322 e. The summed E-state index contributed by atoms with van der Waals surface area (Å²) < 4.78 is 50.7. The molecule has 0 unspecified atom stereocenters. The zero-order valence-corrected chi connectivity index (χ0v) is 6.34. The van der Waals surface area contributed by atoms with Gasteiger partial charge < -0.3 is 5.32 Å². The van der Waals surface area contributed by atoms with Crippen molar-refractivity contribution in [1.82, 2.24) is 5.32 Å². The fourth-order valence-corrected chi connectivity index (χ4v) is 2.00. The van der Waals surface area contributed by atoms with E-state index in [2.05, 4.69) is 5.32 Å². The van der Waals surface area contributed by atoms with E-state index in [4.69, 9.17) is 0 Å². The van der Waals surface area contributed by atoms with Crippen LogP contribution in [-0.2, 0) is 0 Å². The summed E-state index contributed by atoms with van der Waals surface area (Å²) in [6.45, 7) is 0.538. The molecule has 0 amide bonds. The van der Waals surface area contributed by atoms with Crippen molar-refractivity contribution < 1.29 is 17.6 Å². The molecule has 12 heavy (non-hydrogen) atoms. The quantitative estimate of drug-likeness (QED) is 0.563. The van der Waals surface area contributed by atoms with Gasteiger partial charge in [-0.15, -0.1) is 0 Å². The van der Waals surface area contributed by atoms with Crippen LogP contribution >= 0.6 is 0 Å². The molecular formula is C7H9F4N. The number of nitrogens with one attached hydrogen (secondary N) is 1. The number of hydrogen-bond donors (Lipinski definition) is 1. The summed E-state index contributed by atoms with van der Waals surface area (Å²) in [6.07, 6.45) is -0.236. The topological polar surface area (TPSA) is 12.0 Å². The maximum absolute atomic E-state index is 12.7. The standard InChI is InChI=1S/C7H9F4N/c8-6(9)5(7(6,10)11)1-3-12-4-2-5/h12H,1-4H2. The van der Waals surface area contributed by atoms with E-state index in [0.29, 0.717) is 0 Å². The first kappa shape index (κ1) is 8.29. The highest BCUT2D eigenvalue weighted by molar-refractivity contribution is 5.26. The van der Waals surface area contributed by atoms with Gasteiger partial charge in [-0.05, 0) is 25.9 Å². The number of halogens is 4. The molecule has 1 saturated carbocycles. The summed E-state index contributed by atoms with van der Waals surface area (Å²) in [5.41, 5.74) is -2.01. The van der Waals surface area contributed by atoms with Crippen LogP contribution in [0.5, 0.6) is 0 Å². The van der Waals surface area contributed by atoms with Crippen LogP contribution in [-0.4, -0.2) is 24.9 Å². The number of alkyl halides is 4. The monoisotopic (exact) mass is 183 g/mol. The van der Waals surface area contributed by atoms with E-state index in [0.717, 1.165) is 0 Å². The van der Waals surface area contributed by atoms with Crippen molar-refractivity contribution in [2.75, 3.05) is 13.1 Å². The maximum Gasteiger partial charge on any atom is 0.322 e. The third-order valence-corrected chi connectivity index (χ3v) is 2.99. The van der Waals surface area contributed by atoms with Gasteiger partial charge in [-0.25, -0.2) is 0 Å². The Morgan fingerprint density at radius 2 is 1.25 bits per heavy atom. The molecule has 5 heteroatoms. The highest BCUT2D eigenvalue weighted by Gasteiger charge is 2.94. The zero-order chi connectivity index (χ0) is 9.04. The second kappa shape index (κ2) is 1.95. The maximum atomic E-state index is 12.7. The lowest BCUT2D eigenvalue weighted by Crippen LogP contribution is -2.33.